The van der Waals surface area contributed by atoms with Crippen molar-refractivity contribution >= 4 is 11.7 Å². The van der Waals surface area contributed by atoms with Gasteiger partial charge in [0.05, 0.1) is 7.11 Å². The first-order valence-corrected chi connectivity index (χ1v) is 7.99. The molecule has 1 heterocycles. The lowest BCUT2D eigenvalue weighted by molar-refractivity contribution is -0.122. The number of carbonyl (C=O) groups is 1. The Morgan fingerprint density at radius 1 is 1.17 bits per heavy atom. The van der Waals surface area contributed by atoms with Crippen LogP contribution in [0.1, 0.15) is 37.8 Å². The highest BCUT2D eigenvalue weighted by Gasteiger charge is 2.18. The molecule has 0 fully saturated rings. The number of hydrogen-bond donors (Lipinski definition) is 1. The lowest BCUT2D eigenvalue weighted by Crippen LogP contribution is -2.30. The minimum absolute atomic E-state index is 0.277. The average molecular weight is 328 g/mol. The Morgan fingerprint density at radius 3 is 2.58 bits per heavy atom. The Bertz CT molecular complexity index is 714. The number of nitrogens with zero attached hydrogens (tertiary/aromatic N) is 1. The first kappa shape index (κ1) is 17.8. The van der Waals surface area contributed by atoms with E-state index in [-0.39, 0.29) is 5.91 Å². The van der Waals surface area contributed by atoms with Gasteiger partial charge in [0.15, 0.2) is 17.7 Å². The van der Waals surface area contributed by atoms with Gasteiger partial charge < -0.3 is 14.8 Å². The molecular formula is C19H24N2O3. The van der Waals surface area contributed by atoms with E-state index >= 15 is 0 Å². The van der Waals surface area contributed by atoms with Crippen LogP contribution in [0.25, 0.3) is 0 Å². The molecule has 0 aliphatic carbocycles. The van der Waals surface area contributed by atoms with Crippen LogP contribution >= 0.6 is 0 Å². The van der Waals surface area contributed by atoms with Gasteiger partial charge in [-0.05, 0) is 49.1 Å². The Morgan fingerprint density at radius 2 is 1.92 bits per heavy atom. The Balaban J connectivity index is 2.10. The number of benzene rings is 1. The summed E-state index contributed by atoms with van der Waals surface area (Å²) >= 11 is 0. The van der Waals surface area contributed by atoms with E-state index in [2.05, 4.69) is 30.2 Å². The summed E-state index contributed by atoms with van der Waals surface area (Å²) in [7, 11) is 1.54. The molecule has 1 aromatic carbocycles. The highest BCUT2D eigenvalue weighted by molar-refractivity contribution is 5.94. The van der Waals surface area contributed by atoms with Gasteiger partial charge in [-0.15, -0.1) is 0 Å². The minimum Gasteiger partial charge on any atom is -0.493 e. The molecule has 0 bridgehead atoms. The molecule has 1 amide bonds. The Labute approximate surface area is 143 Å². The zero-order chi connectivity index (χ0) is 17.7. The van der Waals surface area contributed by atoms with Gasteiger partial charge in [-0.3, -0.25) is 4.79 Å². The van der Waals surface area contributed by atoms with Crippen molar-refractivity contribution in [3.63, 3.8) is 0 Å². The summed E-state index contributed by atoms with van der Waals surface area (Å²) < 4.78 is 11.1. The fourth-order valence-electron chi connectivity index (χ4n) is 2.21. The molecule has 24 heavy (non-hydrogen) atoms. The third kappa shape index (κ3) is 4.25. The van der Waals surface area contributed by atoms with Crippen molar-refractivity contribution in [1.29, 1.82) is 0 Å². The molecule has 0 saturated heterocycles. The second-order valence-electron chi connectivity index (χ2n) is 5.98. The van der Waals surface area contributed by atoms with Gasteiger partial charge in [-0.25, -0.2) is 4.98 Å². The third-order valence-corrected chi connectivity index (χ3v) is 3.78. The number of anilines is 1. The van der Waals surface area contributed by atoms with Gasteiger partial charge in [-0.2, -0.15) is 0 Å². The van der Waals surface area contributed by atoms with Crippen LogP contribution in [0, 0.1) is 6.92 Å². The van der Waals surface area contributed by atoms with E-state index in [9.17, 15) is 4.79 Å². The molecule has 2 aromatic rings. The van der Waals surface area contributed by atoms with E-state index in [1.54, 1.807) is 25.3 Å². The topological polar surface area (TPSA) is 60.5 Å². The molecule has 0 aliphatic heterocycles. The van der Waals surface area contributed by atoms with Crippen molar-refractivity contribution in [1.82, 2.24) is 4.98 Å². The van der Waals surface area contributed by atoms with E-state index in [0.717, 1.165) is 11.3 Å². The van der Waals surface area contributed by atoms with E-state index in [1.807, 2.05) is 19.1 Å². The van der Waals surface area contributed by atoms with Crippen molar-refractivity contribution in [3.8, 4) is 11.5 Å². The predicted molar refractivity (Wildman–Crippen MR) is 94.8 cm³/mol. The van der Waals surface area contributed by atoms with E-state index in [1.165, 1.54) is 12.7 Å². The fraction of sp³-hybridized carbons (Fsp3) is 0.368. The third-order valence-electron chi connectivity index (χ3n) is 3.78. The van der Waals surface area contributed by atoms with E-state index in [4.69, 9.17) is 9.47 Å². The van der Waals surface area contributed by atoms with Crippen LogP contribution in [0.3, 0.4) is 0 Å². The van der Waals surface area contributed by atoms with Crippen LogP contribution in [0.15, 0.2) is 36.5 Å². The summed E-state index contributed by atoms with van der Waals surface area (Å²) in [5.74, 6) is 1.73. The van der Waals surface area contributed by atoms with E-state index in [0.29, 0.717) is 17.5 Å². The maximum Gasteiger partial charge on any atom is 0.266 e. The molecule has 1 N–H and O–H groups in total. The van der Waals surface area contributed by atoms with Crippen LogP contribution in [-0.4, -0.2) is 24.1 Å². The Hall–Kier alpha value is -2.56. The molecular weight excluding hydrogens is 304 g/mol. The van der Waals surface area contributed by atoms with Crippen molar-refractivity contribution in [2.24, 2.45) is 0 Å². The number of amides is 1. The smallest absolute Gasteiger partial charge is 0.266 e. The number of nitrogens with one attached hydrogen (secondary N) is 1. The predicted octanol–water partition coefficient (Wildman–Crippen LogP) is 3.93. The normalized spacial score (nSPS) is 11.9. The van der Waals surface area contributed by atoms with Crippen LogP contribution in [-0.2, 0) is 4.79 Å². The zero-order valence-corrected chi connectivity index (χ0v) is 14.8. The van der Waals surface area contributed by atoms with Crippen molar-refractivity contribution in [2.45, 2.75) is 39.7 Å². The second kappa shape index (κ2) is 7.81. The van der Waals surface area contributed by atoms with Crippen molar-refractivity contribution in [3.05, 3.63) is 47.7 Å². The Kier molecular flexibility index (Phi) is 5.79. The van der Waals surface area contributed by atoms with Gasteiger partial charge in [0.1, 0.15) is 5.75 Å². The number of ether oxygens (including phenoxy) is 2. The highest BCUT2D eigenvalue weighted by atomic mass is 16.5. The highest BCUT2D eigenvalue weighted by Crippen LogP contribution is 2.26. The number of carbonyl (C=O) groups excluding carboxylic acids is 1. The molecule has 0 saturated carbocycles. The lowest BCUT2D eigenvalue weighted by atomic mass is 10.0. The van der Waals surface area contributed by atoms with Crippen LogP contribution in [0.5, 0.6) is 11.5 Å². The van der Waals surface area contributed by atoms with Gasteiger partial charge >= 0.3 is 0 Å². The lowest BCUT2D eigenvalue weighted by Gasteiger charge is -2.18. The van der Waals surface area contributed by atoms with Gasteiger partial charge in [0.25, 0.3) is 5.91 Å². The van der Waals surface area contributed by atoms with Gasteiger partial charge in [0.2, 0.25) is 0 Å². The molecule has 2 rings (SSSR count). The molecule has 1 aromatic heterocycles. The number of pyridine rings is 1. The number of aryl methyl sites for hydroxylation is 1. The van der Waals surface area contributed by atoms with Crippen LogP contribution < -0.4 is 14.8 Å². The van der Waals surface area contributed by atoms with Crippen molar-refractivity contribution in [2.75, 3.05) is 12.4 Å². The van der Waals surface area contributed by atoms with Gasteiger partial charge in [0, 0.05) is 6.20 Å². The van der Waals surface area contributed by atoms with Gasteiger partial charge in [-0.1, -0.05) is 26.0 Å². The number of aromatic nitrogens is 1. The summed E-state index contributed by atoms with van der Waals surface area (Å²) in [6.45, 7) is 7.92. The SMILES string of the molecule is COc1cccnc1NC(=O)C(C)Oc1cc(C(C)C)ccc1C. The summed E-state index contributed by atoms with van der Waals surface area (Å²) in [5, 5.41) is 2.74. The van der Waals surface area contributed by atoms with Crippen LogP contribution in [0.2, 0.25) is 0 Å². The molecule has 0 radical (unpaired) electrons. The molecule has 1 atom stereocenters. The zero-order valence-electron chi connectivity index (χ0n) is 14.8. The molecule has 5 nitrogen and oxygen atoms in total. The number of rotatable bonds is 6. The first-order chi connectivity index (χ1) is 11.4. The second-order valence-corrected chi connectivity index (χ2v) is 5.98. The first-order valence-electron chi connectivity index (χ1n) is 7.99. The number of methoxy groups -OCH3 is 1. The van der Waals surface area contributed by atoms with Crippen molar-refractivity contribution < 1.29 is 14.3 Å². The molecule has 128 valence electrons. The maximum absolute atomic E-state index is 12.4. The summed E-state index contributed by atoms with van der Waals surface area (Å²) in [6.07, 6.45) is 0.942. The summed E-state index contributed by atoms with van der Waals surface area (Å²) in [4.78, 5) is 16.5. The standard InChI is InChI=1S/C19H24N2O3/c1-12(2)15-9-8-13(3)17(11-15)24-14(4)19(22)21-18-16(23-5)7-6-10-20-18/h6-12,14H,1-5H3,(H,20,21,22). The average Bonchev–Trinajstić information content (AvgIpc) is 2.57. The maximum atomic E-state index is 12.4. The van der Waals surface area contributed by atoms with Crippen LogP contribution in [0.4, 0.5) is 5.82 Å². The fourth-order valence-corrected chi connectivity index (χ4v) is 2.21. The largest absolute Gasteiger partial charge is 0.493 e. The van der Waals surface area contributed by atoms with E-state index < -0.39 is 6.10 Å². The monoisotopic (exact) mass is 328 g/mol. The molecule has 0 spiro atoms. The molecule has 0 aliphatic rings. The minimum atomic E-state index is -0.655. The quantitative estimate of drug-likeness (QED) is 0.873. The number of hydrogen-bond acceptors (Lipinski definition) is 4. The summed E-state index contributed by atoms with van der Waals surface area (Å²) in [6, 6.07) is 9.57. The molecule has 5 heteroatoms. The molecule has 1 unspecified atom stereocenters. The summed E-state index contributed by atoms with van der Waals surface area (Å²) in [5.41, 5.74) is 2.17.